The zero-order valence-corrected chi connectivity index (χ0v) is 8.29. The minimum absolute atomic E-state index is 0.218. The summed E-state index contributed by atoms with van der Waals surface area (Å²) >= 11 is 0. The topological polar surface area (TPSA) is 27.7 Å². The van der Waals surface area contributed by atoms with Crippen molar-refractivity contribution in [2.75, 3.05) is 27.9 Å². The van der Waals surface area contributed by atoms with Gasteiger partial charge in [0.05, 0.1) is 4.97 Å². The second-order valence-corrected chi connectivity index (χ2v) is 2.49. The van der Waals surface area contributed by atoms with E-state index in [0.29, 0.717) is 6.54 Å². The van der Waals surface area contributed by atoms with Gasteiger partial charge < -0.3 is 0 Å². The summed E-state index contributed by atoms with van der Waals surface area (Å²) in [5.41, 5.74) is 0. The lowest BCUT2D eigenvalue weighted by Gasteiger charge is -2.24. The van der Waals surface area contributed by atoms with Crippen LogP contribution in [0.3, 0.4) is 0 Å². The highest BCUT2D eigenvalue weighted by atomic mass is 28.1. The smallest absolute Gasteiger partial charge is 0.135 e. The van der Waals surface area contributed by atoms with Gasteiger partial charge in [0.1, 0.15) is 21.3 Å². The fourth-order valence-electron chi connectivity index (χ4n) is 0.770. The van der Waals surface area contributed by atoms with E-state index in [-0.39, 0.29) is 4.97 Å². The third-order valence-corrected chi connectivity index (χ3v) is 1.80. The number of rotatable bonds is 6. The maximum Gasteiger partial charge on any atom is 0.178 e. The van der Waals surface area contributed by atoms with E-state index in [2.05, 4.69) is 10.2 Å². The Balaban J connectivity index is 3.84. The summed E-state index contributed by atoms with van der Waals surface area (Å²) in [6.07, 6.45) is 0.923. The molecule has 0 saturated heterocycles. The highest BCUT2D eigenvalue weighted by molar-refractivity contribution is 6.08. The van der Waals surface area contributed by atoms with Crippen molar-refractivity contribution < 1.29 is 19.5 Å². The lowest BCUT2D eigenvalue weighted by molar-refractivity contribution is -1.36. The highest BCUT2D eigenvalue weighted by Gasteiger charge is 2.29. The molecule has 0 N–H and O–H groups in total. The quantitative estimate of drug-likeness (QED) is 0.335. The molecule has 5 heteroatoms. The Morgan fingerprint density at radius 3 is 1.82 bits per heavy atom. The van der Waals surface area contributed by atoms with Gasteiger partial charge in [0.2, 0.25) is 0 Å². The van der Waals surface area contributed by atoms with Crippen molar-refractivity contribution in [3.63, 3.8) is 0 Å². The SMILES string of the molecule is CO[N+](CCC[Si])(OC)OC. The first-order valence-electron chi connectivity index (χ1n) is 3.44. The van der Waals surface area contributed by atoms with E-state index < -0.39 is 0 Å². The van der Waals surface area contributed by atoms with Gasteiger partial charge in [-0.1, -0.05) is 6.04 Å². The third-order valence-electron chi connectivity index (χ3n) is 1.44. The van der Waals surface area contributed by atoms with Crippen molar-refractivity contribution in [3.05, 3.63) is 0 Å². The first kappa shape index (κ1) is 11.1. The monoisotopic (exact) mass is 177 g/mol. The third kappa shape index (κ3) is 3.30. The number of hydrogen-bond acceptors (Lipinski definition) is 3. The van der Waals surface area contributed by atoms with Crippen LogP contribution in [0.4, 0.5) is 0 Å². The van der Waals surface area contributed by atoms with Crippen molar-refractivity contribution in [1.29, 1.82) is 0 Å². The van der Waals surface area contributed by atoms with Crippen LogP contribution in [-0.4, -0.2) is 43.1 Å². The Kier molecular flexibility index (Phi) is 5.70. The molecule has 0 fully saturated rings. The van der Waals surface area contributed by atoms with Crippen LogP contribution in [0, 0.1) is 0 Å². The summed E-state index contributed by atoms with van der Waals surface area (Å²) in [4.78, 5) is 14.8. The molecular weight excluding hydrogens is 162 g/mol. The van der Waals surface area contributed by atoms with Crippen LogP contribution in [0.5, 0.6) is 0 Å². The van der Waals surface area contributed by atoms with E-state index in [4.69, 9.17) is 14.5 Å². The molecule has 11 heavy (non-hydrogen) atoms. The average Bonchev–Trinajstić information content (AvgIpc) is 2.08. The van der Waals surface area contributed by atoms with Crippen molar-refractivity contribution in [2.24, 2.45) is 0 Å². The first-order chi connectivity index (χ1) is 5.24. The Morgan fingerprint density at radius 1 is 1.09 bits per heavy atom. The molecule has 3 radical (unpaired) electrons. The van der Waals surface area contributed by atoms with E-state index in [1.807, 2.05) is 0 Å². The van der Waals surface area contributed by atoms with Crippen molar-refractivity contribution in [3.8, 4) is 0 Å². The van der Waals surface area contributed by atoms with Crippen LogP contribution in [0.1, 0.15) is 6.42 Å². The molecule has 0 heterocycles. The van der Waals surface area contributed by atoms with E-state index in [1.165, 1.54) is 0 Å². The van der Waals surface area contributed by atoms with Gasteiger partial charge in [0, 0.05) is 16.7 Å². The number of hydroxylamine groups is 3. The Morgan fingerprint density at radius 2 is 1.55 bits per heavy atom. The van der Waals surface area contributed by atoms with Crippen molar-refractivity contribution in [1.82, 2.24) is 0 Å². The molecule has 0 aliphatic carbocycles. The summed E-state index contributed by atoms with van der Waals surface area (Å²) in [6.45, 7) is 0.660. The molecule has 0 aromatic carbocycles. The van der Waals surface area contributed by atoms with Crippen LogP contribution >= 0.6 is 0 Å². The molecule has 0 amide bonds. The predicted molar refractivity (Wildman–Crippen MR) is 41.3 cm³/mol. The van der Waals surface area contributed by atoms with Gasteiger partial charge in [-0.2, -0.15) is 0 Å². The number of quaternary nitrogens is 1. The first-order valence-corrected chi connectivity index (χ1v) is 4.15. The van der Waals surface area contributed by atoms with E-state index in [1.54, 1.807) is 21.3 Å². The lowest BCUT2D eigenvalue weighted by Crippen LogP contribution is -2.45. The molecule has 4 nitrogen and oxygen atoms in total. The zero-order valence-electron chi connectivity index (χ0n) is 7.29. The second kappa shape index (κ2) is 5.67. The molecule has 0 atom stereocenters. The summed E-state index contributed by atoms with van der Waals surface area (Å²) in [6, 6.07) is 0.899. The van der Waals surface area contributed by atoms with Gasteiger partial charge in [-0.25, -0.2) is 0 Å². The van der Waals surface area contributed by atoms with Crippen LogP contribution in [0.15, 0.2) is 0 Å². The second-order valence-electron chi connectivity index (χ2n) is 1.99. The standard InChI is InChI=1S/C6H15NO3Si/c1-8-7(9-2,10-3)5-4-6-11/h4-6H2,1-3H3/q+1. The van der Waals surface area contributed by atoms with E-state index in [9.17, 15) is 0 Å². The molecule has 0 rings (SSSR count). The minimum atomic E-state index is -0.218. The van der Waals surface area contributed by atoms with E-state index >= 15 is 0 Å². The van der Waals surface area contributed by atoms with Crippen LogP contribution in [0.25, 0.3) is 0 Å². The normalized spacial score (nSPS) is 12.0. The molecule has 0 saturated carbocycles. The summed E-state index contributed by atoms with van der Waals surface area (Å²) in [5.74, 6) is 0. The zero-order chi connectivity index (χ0) is 8.74. The molecular formula is C6H15NO3Si+. The fraction of sp³-hybridized carbons (Fsp3) is 1.00. The van der Waals surface area contributed by atoms with Gasteiger partial charge in [-0.3, -0.25) is 0 Å². The van der Waals surface area contributed by atoms with Crippen molar-refractivity contribution in [2.45, 2.75) is 12.5 Å². The summed E-state index contributed by atoms with van der Waals surface area (Å²) < 4.78 is 0. The largest absolute Gasteiger partial charge is 0.178 e. The molecule has 0 unspecified atom stereocenters. The number of hydrogen-bond donors (Lipinski definition) is 0. The van der Waals surface area contributed by atoms with Gasteiger partial charge in [0.25, 0.3) is 0 Å². The molecule has 0 aliphatic heterocycles. The molecule has 0 aromatic rings. The summed E-state index contributed by atoms with van der Waals surface area (Å²) in [5, 5.41) is 0. The van der Waals surface area contributed by atoms with Crippen LogP contribution in [0.2, 0.25) is 6.04 Å². The molecule has 0 bridgehead atoms. The predicted octanol–water partition coefficient (Wildman–Crippen LogP) is 0.464. The fourth-order valence-corrected chi connectivity index (χ4v) is 0.928. The highest BCUT2D eigenvalue weighted by Crippen LogP contribution is 2.09. The Hall–Kier alpha value is 0.0569. The van der Waals surface area contributed by atoms with Gasteiger partial charge in [-0.05, 0) is 0 Å². The van der Waals surface area contributed by atoms with Crippen LogP contribution < -0.4 is 0 Å². The molecule has 0 spiro atoms. The average molecular weight is 177 g/mol. The lowest BCUT2D eigenvalue weighted by atomic mass is 10.5. The van der Waals surface area contributed by atoms with Crippen molar-refractivity contribution >= 4 is 10.2 Å². The Bertz CT molecular complexity index is 89.6. The maximum atomic E-state index is 5.01. The van der Waals surface area contributed by atoms with E-state index in [0.717, 1.165) is 12.5 Å². The molecule has 65 valence electrons. The Labute approximate surface area is 70.9 Å². The van der Waals surface area contributed by atoms with Gasteiger partial charge in [-0.15, -0.1) is 14.5 Å². The van der Waals surface area contributed by atoms with Crippen LogP contribution in [-0.2, 0) is 14.5 Å². The number of nitrogens with zero attached hydrogens (tertiary/aromatic N) is 1. The van der Waals surface area contributed by atoms with Gasteiger partial charge in [0.15, 0.2) is 6.54 Å². The minimum Gasteiger partial charge on any atom is -0.135 e. The van der Waals surface area contributed by atoms with Gasteiger partial charge >= 0.3 is 0 Å². The molecule has 0 aliphatic rings. The molecule has 0 aromatic heterocycles. The summed E-state index contributed by atoms with van der Waals surface area (Å²) in [7, 11) is 7.98. The maximum absolute atomic E-state index is 5.01.